The normalized spacial score (nSPS) is 36.0. The molecule has 0 bridgehead atoms. The van der Waals surface area contributed by atoms with Crippen LogP contribution < -0.4 is 0 Å². The summed E-state index contributed by atoms with van der Waals surface area (Å²) in [4.78, 5) is 15.8. The van der Waals surface area contributed by atoms with E-state index in [9.17, 15) is 4.79 Å². The van der Waals surface area contributed by atoms with Crippen LogP contribution in [0.15, 0.2) is 0 Å². The van der Waals surface area contributed by atoms with E-state index in [1.807, 2.05) is 6.92 Å². The van der Waals surface area contributed by atoms with Gasteiger partial charge in [-0.1, -0.05) is 6.92 Å². The maximum atomic E-state index is 11.4. The van der Waals surface area contributed by atoms with Crippen molar-refractivity contribution in [1.82, 2.24) is 9.80 Å². The SMILES string of the molecule is CCN1CCN2C(C)OC(=O)C2C1. The van der Waals surface area contributed by atoms with E-state index in [0.717, 1.165) is 26.2 Å². The van der Waals surface area contributed by atoms with E-state index >= 15 is 0 Å². The van der Waals surface area contributed by atoms with Crippen molar-refractivity contribution >= 4 is 5.97 Å². The van der Waals surface area contributed by atoms with Gasteiger partial charge in [0, 0.05) is 19.6 Å². The van der Waals surface area contributed by atoms with Crippen molar-refractivity contribution in [3.05, 3.63) is 0 Å². The number of hydrogen-bond donors (Lipinski definition) is 0. The summed E-state index contributed by atoms with van der Waals surface area (Å²) >= 11 is 0. The highest BCUT2D eigenvalue weighted by atomic mass is 16.6. The van der Waals surface area contributed by atoms with Gasteiger partial charge in [0.1, 0.15) is 6.04 Å². The molecular formula is C9H16N2O2. The summed E-state index contributed by atoms with van der Waals surface area (Å²) in [5.41, 5.74) is 0. The van der Waals surface area contributed by atoms with Crippen molar-refractivity contribution in [3.8, 4) is 0 Å². The number of piperazine rings is 1. The third-order valence-corrected chi connectivity index (χ3v) is 2.98. The summed E-state index contributed by atoms with van der Waals surface area (Å²) in [5, 5.41) is 0. The minimum atomic E-state index is -0.0503. The molecule has 0 radical (unpaired) electrons. The number of ether oxygens (including phenoxy) is 1. The van der Waals surface area contributed by atoms with Gasteiger partial charge in [0.25, 0.3) is 0 Å². The van der Waals surface area contributed by atoms with E-state index in [1.165, 1.54) is 0 Å². The quantitative estimate of drug-likeness (QED) is 0.533. The summed E-state index contributed by atoms with van der Waals surface area (Å²) in [5.74, 6) is -0.0503. The molecule has 0 aromatic carbocycles. The number of cyclic esters (lactones) is 1. The second-order valence-electron chi connectivity index (χ2n) is 3.68. The molecule has 2 unspecified atom stereocenters. The van der Waals surface area contributed by atoms with Gasteiger partial charge >= 0.3 is 5.97 Å². The number of rotatable bonds is 1. The molecule has 2 aliphatic heterocycles. The van der Waals surface area contributed by atoms with Gasteiger partial charge in [0.2, 0.25) is 0 Å². The first-order valence-corrected chi connectivity index (χ1v) is 4.91. The number of hydrogen-bond acceptors (Lipinski definition) is 4. The van der Waals surface area contributed by atoms with Crippen LogP contribution in [0, 0.1) is 0 Å². The molecular weight excluding hydrogens is 168 g/mol. The number of esters is 1. The Balaban J connectivity index is 2.06. The predicted octanol–water partition coefficient (Wildman–Crippen LogP) is -0.105. The average molecular weight is 184 g/mol. The first-order valence-electron chi connectivity index (χ1n) is 4.91. The van der Waals surface area contributed by atoms with Crippen LogP contribution in [-0.2, 0) is 9.53 Å². The Kier molecular flexibility index (Phi) is 2.26. The molecule has 0 aromatic rings. The Bertz CT molecular complexity index is 220. The monoisotopic (exact) mass is 184 g/mol. The van der Waals surface area contributed by atoms with Crippen molar-refractivity contribution in [3.63, 3.8) is 0 Å². The van der Waals surface area contributed by atoms with Gasteiger partial charge in [-0.15, -0.1) is 0 Å². The second-order valence-corrected chi connectivity index (χ2v) is 3.68. The molecule has 0 amide bonds. The zero-order valence-electron chi connectivity index (χ0n) is 8.19. The number of carbonyl (C=O) groups is 1. The number of fused-ring (bicyclic) bond motifs is 1. The van der Waals surface area contributed by atoms with Gasteiger partial charge in [-0.05, 0) is 13.5 Å². The molecule has 0 aromatic heterocycles. The van der Waals surface area contributed by atoms with Crippen LogP contribution in [0.4, 0.5) is 0 Å². The molecule has 2 fully saturated rings. The van der Waals surface area contributed by atoms with Crippen molar-refractivity contribution in [2.24, 2.45) is 0 Å². The summed E-state index contributed by atoms with van der Waals surface area (Å²) in [6.45, 7) is 7.92. The van der Waals surface area contributed by atoms with Gasteiger partial charge in [-0.2, -0.15) is 0 Å². The Morgan fingerprint density at radius 1 is 1.54 bits per heavy atom. The smallest absolute Gasteiger partial charge is 0.326 e. The molecule has 4 nitrogen and oxygen atoms in total. The fraction of sp³-hybridized carbons (Fsp3) is 0.889. The van der Waals surface area contributed by atoms with Gasteiger partial charge in [0.05, 0.1) is 0 Å². The van der Waals surface area contributed by atoms with Gasteiger partial charge in [-0.3, -0.25) is 9.69 Å². The predicted molar refractivity (Wildman–Crippen MR) is 48.2 cm³/mol. The summed E-state index contributed by atoms with van der Waals surface area (Å²) < 4.78 is 5.16. The van der Waals surface area contributed by atoms with Crippen LogP contribution in [0.5, 0.6) is 0 Å². The lowest BCUT2D eigenvalue weighted by atomic mass is 10.2. The fourth-order valence-electron chi connectivity index (χ4n) is 2.10. The van der Waals surface area contributed by atoms with Crippen LogP contribution in [0.25, 0.3) is 0 Å². The van der Waals surface area contributed by atoms with Crippen LogP contribution in [0.1, 0.15) is 13.8 Å². The van der Waals surface area contributed by atoms with Gasteiger partial charge in [-0.25, -0.2) is 0 Å². The first-order chi connectivity index (χ1) is 6.22. The van der Waals surface area contributed by atoms with E-state index in [1.54, 1.807) is 0 Å². The lowest BCUT2D eigenvalue weighted by molar-refractivity contribution is -0.142. The van der Waals surface area contributed by atoms with E-state index in [4.69, 9.17) is 4.74 Å². The van der Waals surface area contributed by atoms with E-state index in [2.05, 4.69) is 16.7 Å². The zero-order valence-corrected chi connectivity index (χ0v) is 8.19. The van der Waals surface area contributed by atoms with E-state index in [-0.39, 0.29) is 18.2 Å². The number of carbonyl (C=O) groups excluding carboxylic acids is 1. The molecule has 2 rings (SSSR count). The Morgan fingerprint density at radius 3 is 3.00 bits per heavy atom. The van der Waals surface area contributed by atoms with Crippen molar-refractivity contribution in [2.45, 2.75) is 26.1 Å². The summed E-state index contributed by atoms with van der Waals surface area (Å²) in [6, 6.07) is -0.0105. The molecule has 74 valence electrons. The second kappa shape index (κ2) is 3.27. The van der Waals surface area contributed by atoms with Crippen LogP contribution in [0.3, 0.4) is 0 Å². The molecule has 13 heavy (non-hydrogen) atoms. The van der Waals surface area contributed by atoms with E-state index < -0.39 is 0 Å². The molecule has 4 heteroatoms. The standard InChI is InChI=1S/C9H16N2O2/c1-3-10-4-5-11-7(2)13-9(12)8(11)6-10/h7-8H,3-6H2,1-2H3. The first kappa shape index (κ1) is 8.97. The maximum absolute atomic E-state index is 11.4. The van der Waals surface area contributed by atoms with Crippen LogP contribution >= 0.6 is 0 Å². The molecule has 2 heterocycles. The molecule has 0 spiro atoms. The maximum Gasteiger partial charge on any atom is 0.326 e. The third-order valence-electron chi connectivity index (χ3n) is 2.98. The van der Waals surface area contributed by atoms with E-state index in [0.29, 0.717) is 0 Å². The Labute approximate surface area is 78.4 Å². The fourth-order valence-corrected chi connectivity index (χ4v) is 2.10. The molecule has 2 aliphatic rings. The third kappa shape index (κ3) is 1.44. The van der Waals surface area contributed by atoms with Crippen LogP contribution in [0.2, 0.25) is 0 Å². The van der Waals surface area contributed by atoms with Crippen molar-refractivity contribution in [2.75, 3.05) is 26.2 Å². The lowest BCUT2D eigenvalue weighted by Gasteiger charge is -2.35. The molecule has 0 N–H and O–H groups in total. The molecule has 2 saturated heterocycles. The molecule has 2 atom stereocenters. The molecule has 0 saturated carbocycles. The highest BCUT2D eigenvalue weighted by Gasteiger charge is 2.42. The van der Waals surface area contributed by atoms with Crippen molar-refractivity contribution < 1.29 is 9.53 Å². The summed E-state index contributed by atoms with van der Waals surface area (Å²) in [6.07, 6.45) is -0.0171. The van der Waals surface area contributed by atoms with Crippen LogP contribution in [-0.4, -0.2) is 54.2 Å². The minimum absolute atomic E-state index is 0.0105. The average Bonchev–Trinajstić information content (AvgIpc) is 2.42. The zero-order chi connectivity index (χ0) is 9.42. The van der Waals surface area contributed by atoms with Gasteiger partial charge in [0.15, 0.2) is 6.23 Å². The highest BCUT2D eigenvalue weighted by molar-refractivity contribution is 5.78. The number of nitrogens with zero attached hydrogens (tertiary/aromatic N) is 2. The molecule has 0 aliphatic carbocycles. The number of likely N-dealkylation sites (N-methyl/N-ethyl adjacent to an activating group) is 1. The topological polar surface area (TPSA) is 32.8 Å². The lowest BCUT2D eigenvalue weighted by Crippen LogP contribution is -2.53. The Morgan fingerprint density at radius 2 is 2.31 bits per heavy atom. The Hall–Kier alpha value is -0.610. The largest absolute Gasteiger partial charge is 0.445 e. The highest BCUT2D eigenvalue weighted by Crippen LogP contribution is 2.21. The minimum Gasteiger partial charge on any atom is -0.445 e. The van der Waals surface area contributed by atoms with Gasteiger partial charge < -0.3 is 9.64 Å². The van der Waals surface area contributed by atoms with Crippen molar-refractivity contribution in [1.29, 1.82) is 0 Å². The summed E-state index contributed by atoms with van der Waals surface area (Å²) in [7, 11) is 0.